The van der Waals surface area contributed by atoms with Crippen LogP contribution in [-0.2, 0) is 0 Å². The van der Waals surface area contributed by atoms with Gasteiger partial charge >= 0.3 is 0 Å². The van der Waals surface area contributed by atoms with E-state index in [4.69, 9.17) is 0 Å². The van der Waals surface area contributed by atoms with Crippen LogP contribution in [0.3, 0.4) is 0 Å². The lowest BCUT2D eigenvalue weighted by Gasteiger charge is -2.10. The summed E-state index contributed by atoms with van der Waals surface area (Å²) in [6.45, 7) is 0. The molecule has 0 saturated carbocycles. The predicted molar refractivity (Wildman–Crippen MR) is 123 cm³/mol. The summed E-state index contributed by atoms with van der Waals surface area (Å²) in [6, 6.07) is 38.0. The van der Waals surface area contributed by atoms with Crippen LogP contribution >= 0.6 is 0 Å². The third-order valence-electron chi connectivity index (χ3n) is 4.72. The monoisotopic (exact) mass is 358 g/mol. The molecule has 0 saturated heterocycles. The molecular weight excluding hydrogens is 336 g/mol. The minimum Gasteiger partial charge on any atom is -0.0622 e. The Morgan fingerprint density at radius 3 is 1.11 bits per heavy atom. The standard InChI is InChI=1S/C28H22/c1-3-11-23(12-4-1)19-21-25-15-7-9-17-27(25)28-18-10-8-16-26(28)22-20-24-13-5-2-6-14-24/h1-22H/b21-19-,22-20-. The van der Waals surface area contributed by atoms with Gasteiger partial charge < -0.3 is 0 Å². The number of hydrogen-bond donors (Lipinski definition) is 0. The molecule has 0 aromatic heterocycles. The van der Waals surface area contributed by atoms with Gasteiger partial charge in [-0.15, -0.1) is 0 Å². The van der Waals surface area contributed by atoms with E-state index >= 15 is 0 Å². The van der Waals surface area contributed by atoms with E-state index in [2.05, 4.69) is 121 Å². The van der Waals surface area contributed by atoms with Crippen molar-refractivity contribution in [2.75, 3.05) is 0 Å². The molecular formula is C28H22. The van der Waals surface area contributed by atoms with E-state index < -0.39 is 0 Å². The van der Waals surface area contributed by atoms with Crippen LogP contribution in [0.1, 0.15) is 22.3 Å². The van der Waals surface area contributed by atoms with Gasteiger partial charge in [0.05, 0.1) is 0 Å². The molecule has 0 N–H and O–H groups in total. The molecule has 4 aromatic carbocycles. The van der Waals surface area contributed by atoms with Gasteiger partial charge in [-0.2, -0.15) is 0 Å². The number of hydrogen-bond acceptors (Lipinski definition) is 0. The maximum atomic E-state index is 2.20. The van der Waals surface area contributed by atoms with E-state index in [1.54, 1.807) is 0 Å². The predicted octanol–water partition coefficient (Wildman–Crippen LogP) is 7.69. The largest absolute Gasteiger partial charge is 0.0622 e. The Hall–Kier alpha value is -3.64. The lowest BCUT2D eigenvalue weighted by Crippen LogP contribution is -1.87. The maximum absolute atomic E-state index is 2.20. The number of benzene rings is 4. The second-order valence-electron chi connectivity index (χ2n) is 6.66. The Labute approximate surface area is 167 Å². The molecule has 0 aliphatic rings. The molecule has 0 spiro atoms. The summed E-state index contributed by atoms with van der Waals surface area (Å²) in [7, 11) is 0. The van der Waals surface area contributed by atoms with E-state index in [1.807, 2.05) is 12.1 Å². The van der Waals surface area contributed by atoms with Crippen molar-refractivity contribution in [2.45, 2.75) is 0 Å². The third kappa shape index (κ3) is 4.36. The first-order valence-electron chi connectivity index (χ1n) is 9.55. The second-order valence-corrected chi connectivity index (χ2v) is 6.66. The van der Waals surface area contributed by atoms with Crippen LogP contribution in [0.4, 0.5) is 0 Å². The van der Waals surface area contributed by atoms with Crippen LogP contribution in [0.25, 0.3) is 35.4 Å². The lowest BCUT2D eigenvalue weighted by atomic mass is 9.94. The Morgan fingerprint density at radius 2 is 0.679 bits per heavy atom. The SMILES string of the molecule is C(=C/c1ccccc1-c1ccccc1/C=C\c1ccccc1)/c1ccccc1. The Bertz CT molecular complexity index is 996. The highest BCUT2D eigenvalue weighted by Crippen LogP contribution is 2.29. The average Bonchev–Trinajstić information content (AvgIpc) is 2.78. The highest BCUT2D eigenvalue weighted by atomic mass is 14.1. The topological polar surface area (TPSA) is 0 Å². The van der Waals surface area contributed by atoms with E-state index in [-0.39, 0.29) is 0 Å². The molecule has 134 valence electrons. The van der Waals surface area contributed by atoms with Crippen molar-refractivity contribution >= 4 is 24.3 Å². The molecule has 4 aromatic rings. The molecule has 28 heavy (non-hydrogen) atoms. The Kier molecular flexibility index (Phi) is 5.60. The highest BCUT2D eigenvalue weighted by Gasteiger charge is 2.06. The number of rotatable bonds is 5. The minimum atomic E-state index is 1.20. The second kappa shape index (κ2) is 8.83. The fourth-order valence-corrected chi connectivity index (χ4v) is 3.28. The zero-order valence-corrected chi connectivity index (χ0v) is 15.7. The van der Waals surface area contributed by atoms with Crippen molar-refractivity contribution in [1.29, 1.82) is 0 Å². The van der Waals surface area contributed by atoms with Crippen molar-refractivity contribution in [2.24, 2.45) is 0 Å². The molecule has 0 atom stereocenters. The summed E-state index contributed by atoms with van der Waals surface area (Å²) < 4.78 is 0. The van der Waals surface area contributed by atoms with Gasteiger partial charge in [-0.05, 0) is 33.4 Å². The molecule has 0 nitrogen and oxygen atoms in total. The van der Waals surface area contributed by atoms with Gasteiger partial charge in [0.1, 0.15) is 0 Å². The zero-order valence-electron chi connectivity index (χ0n) is 15.7. The summed E-state index contributed by atoms with van der Waals surface area (Å²) in [5, 5.41) is 0. The molecule has 4 rings (SSSR count). The van der Waals surface area contributed by atoms with Gasteiger partial charge in [-0.3, -0.25) is 0 Å². The minimum absolute atomic E-state index is 1.20. The molecule has 0 radical (unpaired) electrons. The van der Waals surface area contributed by atoms with E-state index in [9.17, 15) is 0 Å². The van der Waals surface area contributed by atoms with Crippen molar-refractivity contribution in [3.05, 3.63) is 131 Å². The Balaban J connectivity index is 1.71. The smallest absolute Gasteiger partial charge is 0.0105 e. The molecule has 0 fully saturated rings. The lowest BCUT2D eigenvalue weighted by molar-refractivity contribution is 1.57. The van der Waals surface area contributed by atoms with Crippen LogP contribution < -0.4 is 0 Å². The van der Waals surface area contributed by atoms with Gasteiger partial charge in [-0.1, -0.05) is 133 Å². The molecule has 0 amide bonds. The summed E-state index contributed by atoms with van der Waals surface area (Å²) in [4.78, 5) is 0. The van der Waals surface area contributed by atoms with Gasteiger partial charge in [0, 0.05) is 0 Å². The third-order valence-corrected chi connectivity index (χ3v) is 4.72. The summed E-state index contributed by atoms with van der Waals surface area (Å²) in [5.41, 5.74) is 7.31. The average molecular weight is 358 g/mol. The van der Waals surface area contributed by atoms with Gasteiger partial charge in [0.15, 0.2) is 0 Å². The fourth-order valence-electron chi connectivity index (χ4n) is 3.28. The first-order chi connectivity index (χ1) is 13.9. The van der Waals surface area contributed by atoms with E-state index in [1.165, 1.54) is 33.4 Å². The molecule has 0 heterocycles. The van der Waals surface area contributed by atoms with Crippen LogP contribution in [0, 0.1) is 0 Å². The zero-order chi connectivity index (χ0) is 19.0. The molecule has 0 aliphatic carbocycles. The van der Waals surface area contributed by atoms with Gasteiger partial charge in [-0.25, -0.2) is 0 Å². The highest BCUT2D eigenvalue weighted by molar-refractivity contribution is 5.86. The van der Waals surface area contributed by atoms with Crippen LogP contribution in [-0.4, -0.2) is 0 Å². The first kappa shape index (κ1) is 17.8. The van der Waals surface area contributed by atoms with Crippen molar-refractivity contribution in [3.8, 4) is 11.1 Å². The molecule has 0 unspecified atom stereocenters. The normalized spacial score (nSPS) is 11.3. The molecule has 0 aliphatic heterocycles. The van der Waals surface area contributed by atoms with Crippen molar-refractivity contribution in [1.82, 2.24) is 0 Å². The van der Waals surface area contributed by atoms with E-state index in [0.717, 1.165) is 0 Å². The fraction of sp³-hybridized carbons (Fsp3) is 0. The van der Waals surface area contributed by atoms with Crippen molar-refractivity contribution < 1.29 is 0 Å². The maximum Gasteiger partial charge on any atom is -0.0105 e. The van der Waals surface area contributed by atoms with Crippen molar-refractivity contribution in [3.63, 3.8) is 0 Å². The quantitative estimate of drug-likeness (QED) is 0.321. The molecule has 0 bridgehead atoms. The van der Waals surface area contributed by atoms with Gasteiger partial charge in [0.2, 0.25) is 0 Å². The molecule has 0 heteroatoms. The van der Waals surface area contributed by atoms with E-state index in [0.29, 0.717) is 0 Å². The van der Waals surface area contributed by atoms with Crippen LogP contribution in [0.2, 0.25) is 0 Å². The summed E-state index contributed by atoms with van der Waals surface area (Å²) in [5.74, 6) is 0. The Morgan fingerprint density at radius 1 is 0.321 bits per heavy atom. The summed E-state index contributed by atoms with van der Waals surface area (Å²) in [6.07, 6.45) is 8.73. The summed E-state index contributed by atoms with van der Waals surface area (Å²) >= 11 is 0. The van der Waals surface area contributed by atoms with Crippen LogP contribution in [0.15, 0.2) is 109 Å². The first-order valence-corrected chi connectivity index (χ1v) is 9.55. The van der Waals surface area contributed by atoms with Gasteiger partial charge in [0.25, 0.3) is 0 Å². The van der Waals surface area contributed by atoms with Crippen LogP contribution in [0.5, 0.6) is 0 Å².